The number of nitrogen functional groups attached to an aromatic ring is 1. The van der Waals surface area contributed by atoms with E-state index in [4.69, 9.17) is 10.2 Å². The molecule has 0 amide bonds. The molecule has 0 radical (unpaired) electrons. The number of hydrogen-bond acceptors (Lipinski definition) is 3. The molecule has 1 aliphatic rings. The van der Waals surface area contributed by atoms with Gasteiger partial charge in [-0.1, -0.05) is 12.8 Å². The van der Waals surface area contributed by atoms with E-state index in [0.29, 0.717) is 29.6 Å². The third-order valence-electron chi connectivity index (χ3n) is 3.93. The van der Waals surface area contributed by atoms with Gasteiger partial charge in [-0.3, -0.25) is 0 Å². The van der Waals surface area contributed by atoms with Crippen LogP contribution in [0.4, 0.5) is 18.9 Å². The molecule has 1 aliphatic carbocycles. The third kappa shape index (κ3) is 2.34. The highest BCUT2D eigenvalue weighted by atomic mass is 19.4. The van der Waals surface area contributed by atoms with Crippen LogP contribution in [-0.2, 0) is 0 Å². The normalized spacial score (nSPS) is 24.1. The standard InChI is InChI=1S/C14H15F3N2O/c15-14(16,17)10-4-2-1-3-9(10)13-19-11-6-5-8(18)7-12(11)20-13/h5-7,9-10H,1-4,18H2. The summed E-state index contributed by atoms with van der Waals surface area (Å²) < 4.78 is 44.8. The Kier molecular flexibility index (Phi) is 3.11. The molecule has 3 rings (SSSR count). The summed E-state index contributed by atoms with van der Waals surface area (Å²) in [5.41, 5.74) is 7.16. The van der Waals surface area contributed by atoms with Gasteiger partial charge in [-0.2, -0.15) is 13.2 Å². The van der Waals surface area contributed by atoms with E-state index in [1.807, 2.05) is 0 Å². The van der Waals surface area contributed by atoms with Crippen molar-refractivity contribution in [1.82, 2.24) is 4.98 Å². The van der Waals surface area contributed by atoms with Crippen LogP contribution < -0.4 is 5.73 Å². The van der Waals surface area contributed by atoms with Gasteiger partial charge in [0.1, 0.15) is 5.52 Å². The molecule has 0 aliphatic heterocycles. The highest BCUT2D eigenvalue weighted by Crippen LogP contribution is 2.46. The lowest BCUT2D eigenvalue weighted by Gasteiger charge is -2.30. The topological polar surface area (TPSA) is 52.0 Å². The predicted octanol–water partition coefficient (Wildman–Crippen LogP) is 4.25. The summed E-state index contributed by atoms with van der Waals surface area (Å²) in [4.78, 5) is 4.22. The third-order valence-corrected chi connectivity index (χ3v) is 3.93. The van der Waals surface area contributed by atoms with E-state index < -0.39 is 18.0 Å². The second kappa shape index (κ2) is 4.68. The quantitative estimate of drug-likeness (QED) is 0.797. The molecule has 2 unspecified atom stereocenters. The van der Waals surface area contributed by atoms with Crippen molar-refractivity contribution in [1.29, 1.82) is 0 Å². The van der Waals surface area contributed by atoms with Crippen LogP contribution in [-0.4, -0.2) is 11.2 Å². The number of anilines is 1. The van der Waals surface area contributed by atoms with Gasteiger partial charge in [-0.25, -0.2) is 4.98 Å². The molecule has 6 heteroatoms. The van der Waals surface area contributed by atoms with Gasteiger partial charge in [0, 0.05) is 17.7 Å². The summed E-state index contributed by atoms with van der Waals surface area (Å²) in [6.07, 6.45) is -2.21. The minimum absolute atomic E-state index is 0.148. The average molecular weight is 284 g/mol. The minimum Gasteiger partial charge on any atom is -0.440 e. The molecule has 0 saturated heterocycles. The number of fused-ring (bicyclic) bond motifs is 1. The van der Waals surface area contributed by atoms with E-state index in [0.717, 1.165) is 6.42 Å². The summed E-state index contributed by atoms with van der Waals surface area (Å²) in [6, 6.07) is 4.93. The fourth-order valence-corrected chi connectivity index (χ4v) is 2.94. The Bertz CT molecular complexity index is 620. The van der Waals surface area contributed by atoms with Crippen molar-refractivity contribution in [3.63, 3.8) is 0 Å². The molecule has 1 fully saturated rings. The maximum absolute atomic E-state index is 13.1. The van der Waals surface area contributed by atoms with Crippen LogP contribution in [0.15, 0.2) is 22.6 Å². The van der Waals surface area contributed by atoms with Crippen molar-refractivity contribution >= 4 is 16.8 Å². The minimum atomic E-state index is -4.20. The van der Waals surface area contributed by atoms with Gasteiger partial charge in [-0.05, 0) is 25.0 Å². The molecule has 3 nitrogen and oxygen atoms in total. The number of rotatable bonds is 1. The van der Waals surface area contributed by atoms with Gasteiger partial charge in [0.15, 0.2) is 11.5 Å². The number of nitrogens with zero attached hydrogens (tertiary/aromatic N) is 1. The lowest BCUT2D eigenvalue weighted by molar-refractivity contribution is -0.188. The Morgan fingerprint density at radius 1 is 1.20 bits per heavy atom. The summed E-state index contributed by atoms with van der Waals surface area (Å²) in [5, 5.41) is 0. The van der Waals surface area contributed by atoms with E-state index in [2.05, 4.69) is 4.98 Å². The zero-order valence-corrected chi connectivity index (χ0v) is 10.8. The van der Waals surface area contributed by atoms with Gasteiger partial charge in [0.25, 0.3) is 0 Å². The van der Waals surface area contributed by atoms with Crippen LogP contribution in [0.1, 0.15) is 37.5 Å². The highest BCUT2D eigenvalue weighted by Gasteiger charge is 2.47. The van der Waals surface area contributed by atoms with Crippen LogP contribution >= 0.6 is 0 Å². The van der Waals surface area contributed by atoms with Crippen molar-refractivity contribution in [2.24, 2.45) is 5.92 Å². The van der Waals surface area contributed by atoms with Crippen molar-refractivity contribution in [3.05, 3.63) is 24.1 Å². The number of aromatic nitrogens is 1. The molecule has 2 N–H and O–H groups in total. The molecule has 1 aromatic heterocycles. The number of halogens is 3. The van der Waals surface area contributed by atoms with Gasteiger partial charge in [-0.15, -0.1) is 0 Å². The zero-order chi connectivity index (χ0) is 14.3. The number of benzene rings is 1. The van der Waals surface area contributed by atoms with E-state index in [1.165, 1.54) is 0 Å². The lowest BCUT2D eigenvalue weighted by atomic mass is 9.78. The zero-order valence-electron chi connectivity index (χ0n) is 10.8. The highest BCUT2D eigenvalue weighted by molar-refractivity contribution is 5.76. The molecule has 108 valence electrons. The second-order valence-corrected chi connectivity index (χ2v) is 5.32. The van der Waals surface area contributed by atoms with Crippen molar-refractivity contribution in [3.8, 4) is 0 Å². The summed E-state index contributed by atoms with van der Waals surface area (Å²) >= 11 is 0. The molecular formula is C14H15F3N2O. The van der Waals surface area contributed by atoms with E-state index in [-0.39, 0.29) is 12.3 Å². The number of hydrogen-bond donors (Lipinski definition) is 1. The smallest absolute Gasteiger partial charge is 0.392 e. The first kappa shape index (κ1) is 13.3. The second-order valence-electron chi connectivity index (χ2n) is 5.32. The molecule has 20 heavy (non-hydrogen) atoms. The van der Waals surface area contributed by atoms with Crippen molar-refractivity contribution in [2.45, 2.75) is 37.8 Å². The maximum Gasteiger partial charge on any atom is 0.392 e. The molecule has 1 aromatic carbocycles. The van der Waals surface area contributed by atoms with Gasteiger partial charge in [0.2, 0.25) is 0 Å². The molecule has 0 spiro atoms. The fourth-order valence-electron chi connectivity index (χ4n) is 2.94. The van der Waals surface area contributed by atoms with E-state index >= 15 is 0 Å². The Morgan fingerprint density at radius 2 is 1.95 bits per heavy atom. The van der Waals surface area contributed by atoms with E-state index in [9.17, 15) is 13.2 Å². The van der Waals surface area contributed by atoms with E-state index in [1.54, 1.807) is 18.2 Å². The number of oxazole rings is 1. The van der Waals surface area contributed by atoms with Gasteiger partial charge < -0.3 is 10.2 Å². The summed E-state index contributed by atoms with van der Waals surface area (Å²) in [6.45, 7) is 0. The fraction of sp³-hybridized carbons (Fsp3) is 0.500. The maximum atomic E-state index is 13.1. The molecule has 0 bridgehead atoms. The first-order chi connectivity index (χ1) is 9.45. The van der Waals surface area contributed by atoms with Crippen LogP contribution in [0.5, 0.6) is 0 Å². The van der Waals surface area contributed by atoms with Crippen molar-refractivity contribution < 1.29 is 17.6 Å². The Hall–Kier alpha value is -1.72. The van der Waals surface area contributed by atoms with Crippen LogP contribution in [0.25, 0.3) is 11.1 Å². The summed E-state index contributed by atoms with van der Waals surface area (Å²) in [5.74, 6) is -1.85. The molecular weight excluding hydrogens is 269 g/mol. The largest absolute Gasteiger partial charge is 0.440 e. The molecule has 1 heterocycles. The van der Waals surface area contributed by atoms with Crippen LogP contribution in [0.3, 0.4) is 0 Å². The lowest BCUT2D eigenvalue weighted by Crippen LogP contribution is -2.31. The molecule has 1 saturated carbocycles. The first-order valence-electron chi connectivity index (χ1n) is 6.68. The monoisotopic (exact) mass is 284 g/mol. The first-order valence-corrected chi connectivity index (χ1v) is 6.68. The Morgan fingerprint density at radius 3 is 2.70 bits per heavy atom. The number of alkyl halides is 3. The van der Waals surface area contributed by atoms with Crippen LogP contribution in [0.2, 0.25) is 0 Å². The predicted molar refractivity (Wildman–Crippen MR) is 69.2 cm³/mol. The Labute approximate surface area is 114 Å². The molecule has 2 aromatic rings. The SMILES string of the molecule is Nc1ccc2nc(C3CCCCC3C(F)(F)F)oc2c1. The van der Waals surface area contributed by atoms with Gasteiger partial charge in [0.05, 0.1) is 5.92 Å². The summed E-state index contributed by atoms with van der Waals surface area (Å²) in [7, 11) is 0. The van der Waals surface area contributed by atoms with Crippen molar-refractivity contribution in [2.75, 3.05) is 5.73 Å². The van der Waals surface area contributed by atoms with Crippen LogP contribution in [0, 0.1) is 5.92 Å². The number of nitrogens with two attached hydrogens (primary N) is 1. The molecule has 2 atom stereocenters. The Balaban J connectivity index is 1.99. The average Bonchev–Trinajstić information content (AvgIpc) is 2.80. The van der Waals surface area contributed by atoms with Gasteiger partial charge >= 0.3 is 6.18 Å².